The third-order valence-corrected chi connectivity index (χ3v) is 4.34. The minimum absolute atomic E-state index is 0.00857. The first-order valence-corrected chi connectivity index (χ1v) is 8.73. The van der Waals surface area contributed by atoms with Gasteiger partial charge in [0.05, 0.1) is 21.8 Å². The van der Waals surface area contributed by atoms with Crippen LogP contribution in [0.15, 0.2) is 67.0 Å². The van der Waals surface area contributed by atoms with Gasteiger partial charge in [-0.3, -0.25) is 25.0 Å². The van der Waals surface area contributed by atoms with Crippen molar-refractivity contribution >= 4 is 40.3 Å². The molecule has 1 amide bonds. The first kappa shape index (κ1) is 18.1. The molecular formula is C21H15N5O3. The quantitative estimate of drug-likeness (QED) is 0.393. The number of nitrogens with zero attached hydrogens (tertiary/aromatic N) is 3. The van der Waals surface area contributed by atoms with Crippen LogP contribution in [0.5, 0.6) is 0 Å². The van der Waals surface area contributed by atoms with Crippen LogP contribution in [0.1, 0.15) is 21.6 Å². The van der Waals surface area contributed by atoms with Crippen molar-refractivity contribution < 1.29 is 9.72 Å². The molecule has 2 aromatic carbocycles. The van der Waals surface area contributed by atoms with Crippen LogP contribution in [0.25, 0.3) is 23.1 Å². The normalized spacial score (nSPS) is 11.0. The lowest BCUT2D eigenvalue weighted by Crippen LogP contribution is -2.12. The highest BCUT2D eigenvalue weighted by Gasteiger charge is 2.11. The largest absolute Gasteiger partial charge is 0.321 e. The number of carbonyl (C=O) groups is 1. The molecule has 0 spiro atoms. The van der Waals surface area contributed by atoms with Crippen molar-refractivity contribution in [1.82, 2.24) is 15.2 Å². The number of non-ortho nitro benzene ring substituents is 1. The van der Waals surface area contributed by atoms with Crippen LogP contribution in [0.3, 0.4) is 0 Å². The minimum atomic E-state index is -0.446. The summed E-state index contributed by atoms with van der Waals surface area (Å²) in [6.07, 6.45) is 6.68. The van der Waals surface area contributed by atoms with Crippen molar-refractivity contribution in [2.75, 3.05) is 5.32 Å². The smallest absolute Gasteiger partial charge is 0.270 e. The molecule has 8 nitrogen and oxygen atoms in total. The summed E-state index contributed by atoms with van der Waals surface area (Å²) in [5.74, 6) is -0.229. The first-order chi connectivity index (χ1) is 14.1. The molecule has 0 saturated heterocycles. The molecule has 0 bridgehead atoms. The van der Waals surface area contributed by atoms with E-state index in [0.717, 1.165) is 0 Å². The van der Waals surface area contributed by atoms with Gasteiger partial charge < -0.3 is 5.32 Å². The Hall–Kier alpha value is -4.33. The van der Waals surface area contributed by atoms with Gasteiger partial charge in [0.2, 0.25) is 0 Å². The second-order valence-corrected chi connectivity index (χ2v) is 6.21. The van der Waals surface area contributed by atoms with Crippen LogP contribution in [-0.2, 0) is 0 Å². The van der Waals surface area contributed by atoms with Gasteiger partial charge in [-0.25, -0.2) is 0 Å². The highest BCUT2D eigenvalue weighted by Crippen LogP contribution is 2.24. The van der Waals surface area contributed by atoms with E-state index >= 15 is 0 Å². The van der Waals surface area contributed by atoms with E-state index < -0.39 is 4.92 Å². The summed E-state index contributed by atoms with van der Waals surface area (Å²) < 4.78 is 0. The maximum absolute atomic E-state index is 12.4. The van der Waals surface area contributed by atoms with Crippen LogP contribution in [0, 0.1) is 10.1 Å². The highest BCUT2D eigenvalue weighted by atomic mass is 16.6. The fourth-order valence-electron chi connectivity index (χ4n) is 2.87. The molecule has 4 aromatic rings. The van der Waals surface area contributed by atoms with Gasteiger partial charge in [0, 0.05) is 41.0 Å². The summed E-state index contributed by atoms with van der Waals surface area (Å²) in [6, 6.07) is 15.1. The molecule has 0 aliphatic carbocycles. The summed E-state index contributed by atoms with van der Waals surface area (Å²) in [7, 11) is 0. The summed E-state index contributed by atoms with van der Waals surface area (Å²) in [6.45, 7) is 0. The van der Waals surface area contributed by atoms with Crippen molar-refractivity contribution in [3.63, 3.8) is 0 Å². The molecule has 142 valence electrons. The number of fused-ring (bicyclic) bond motifs is 1. The van der Waals surface area contributed by atoms with E-state index in [1.807, 2.05) is 6.07 Å². The predicted molar refractivity (Wildman–Crippen MR) is 110 cm³/mol. The SMILES string of the molecule is O=C(Nc1ccncc1/C=C/c1n[nH]c2ccc([N+](=O)[O-])cc12)c1ccccc1. The molecule has 2 heterocycles. The Labute approximate surface area is 165 Å². The zero-order valence-electron chi connectivity index (χ0n) is 15.1. The standard InChI is InChI=1S/C21H15N5O3/c27-21(14-4-2-1-3-5-14)23-18-10-11-22-13-15(18)6-8-19-17-12-16(26(28)29)7-9-20(17)25-24-19/h1-13H,(H,24,25)(H,22,23,27)/b8-6+. The lowest BCUT2D eigenvalue weighted by atomic mass is 10.1. The number of nitrogens with one attached hydrogen (secondary N) is 2. The van der Waals surface area contributed by atoms with Crippen molar-refractivity contribution in [2.24, 2.45) is 0 Å². The molecule has 8 heteroatoms. The van der Waals surface area contributed by atoms with Gasteiger partial charge >= 0.3 is 0 Å². The first-order valence-electron chi connectivity index (χ1n) is 8.73. The van der Waals surface area contributed by atoms with Crippen LogP contribution in [0.4, 0.5) is 11.4 Å². The fraction of sp³-hybridized carbons (Fsp3) is 0. The van der Waals surface area contributed by atoms with Gasteiger partial charge in [-0.15, -0.1) is 0 Å². The van der Waals surface area contributed by atoms with Crippen LogP contribution in [0.2, 0.25) is 0 Å². The molecule has 0 radical (unpaired) electrons. The number of rotatable bonds is 5. The third kappa shape index (κ3) is 3.86. The number of carbonyl (C=O) groups excluding carboxylic acids is 1. The monoisotopic (exact) mass is 385 g/mol. The number of hydrogen-bond acceptors (Lipinski definition) is 5. The number of benzene rings is 2. The Kier molecular flexibility index (Phi) is 4.81. The molecule has 0 aliphatic rings. The van der Waals surface area contributed by atoms with Gasteiger partial charge in [0.25, 0.3) is 11.6 Å². The molecule has 0 atom stereocenters. The van der Waals surface area contributed by atoms with Crippen LogP contribution in [-0.4, -0.2) is 26.0 Å². The lowest BCUT2D eigenvalue weighted by molar-refractivity contribution is -0.384. The highest BCUT2D eigenvalue weighted by molar-refractivity contribution is 6.05. The van der Waals surface area contributed by atoms with Crippen molar-refractivity contribution in [3.8, 4) is 0 Å². The molecule has 2 aromatic heterocycles. The van der Waals surface area contributed by atoms with Gasteiger partial charge in [-0.05, 0) is 36.4 Å². The van der Waals surface area contributed by atoms with Crippen LogP contribution < -0.4 is 5.32 Å². The zero-order chi connectivity index (χ0) is 20.2. The number of H-pyrrole nitrogens is 1. The van der Waals surface area contributed by atoms with Gasteiger partial charge in [-0.1, -0.05) is 18.2 Å². The van der Waals surface area contributed by atoms with Crippen molar-refractivity contribution in [1.29, 1.82) is 0 Å². The summed E-state index contributed by atoms with van der Waals surface area (Å²) >= 11 is 0. The average molecular weight is 385 g/mol. The molecule has 0 aliphatic heterocycles. The van der Waals surface area contributed by atoms with Gasteiger partial charge in [0.15, 0.2) is 0 Å². The van der Waals surface area contributed by atoms with Crippen molar-refractivity contribution in [2.45, 2.75) is 0 Å². The Balaban J connectivity index is 1.63. The summed E-state index contributed by atoms with van der Waals surface area (Å²) in [5, 5.41) is 21.6. The Morgan fingerprint density at radius 3 is 2.72 bits per heavy atom. The van der Waals surface area contributed by atoms with Gasteiger partial charge in [-0.2, -0.15) is 5.10 Å². The lowest BCUT2D eigenvalue weighted by Gasteiger charge is -2.08. The van der Waals surface area contributed by atoms with Crippen molar-refractivity contribution in [3.05, 3.63) is 93.9 Å². The Morgan fingerprint density at radius 2 is 1.93 bits per heavy atom. The summed E-state index contributed by atoms with van der Waals surface area (Å²) in [4.78, 5) is 27.1. The second-order valence-electron chi connectivity index (χ2n) is 6.21. The Morgan fingerprint density at radius 1 is 1.10 bits per heavy atom. The summed E-state index contributed by atoms with van der Waals surface area (Å²) in [5.41, 5.74) is 3.05. The molecule has 4 rings (SSSR count). The predicted octanol–water partition coefficient (Wildman–Crippen LogP) is 4.29. The van der Waals surface area contributed by atoms with E-state index in [-0.39, 0.29) is 11.6 Å². The van der Waals surface area contributed by atoms with Crippen LogP contribution >= 0.6 is 0 Å². The average Bonchev–Trinajstić information content (AvgIpc) is 3.16. The molecule has 0 unspecified atom stereocenters. The fourth-order valence-corrected chi connectivity index (χ4v) is 2.87. The number of aromatic nitrogens is 3. The number of amides is 1. The molecule has 29 heavy (non-hydrogen) atoms. The number of nitro benzene ring substituents is 1. The second kappa shape index (κ2) is 7.73. The molecule has 0 saturated carbocycles. The third-order valence-electron chi connectivity index (χ3n) is 4.34. The number of aromatic amines is 1. The van der Waals surface area contributed by atoms with E-state index in [4.69, 9.17) is 0 Å². The number of pyridine rings is 1. The van der Waals surface area contributed by atoms with E-state index in [9.17, 15) is 14.9 Å². The van der Waals surface area contributed by atoms with Gasteiger partial charge in [0.1, 0.15) is 0 Å². The molecule has 0 fully saturated rings. The maximum atomic E-state index is 12.4. The van der Waals surface area contributed by atoms with E-state index in [1.54, 1.807) is 60.9 Å². The zero-order valence-corrected chi connectivity index (χ0v) is 15.1. The maximum Gasteiger partial charge on any atom is 0.270 e. The number of nitro groups is 1. The minimum Gasteiger partial charge on any atom is -0.321 e. The molecule has 2 N–H and O–H groups in total. The van der Waals surface area contributed by atoms with E-state index in [1.165, 1.54) is 12.1 Å². The van der Waals surface area contributed by atoms with E-state index in [0.29, 0.717) is 33.4 Å². The molecular weight excluding hydrogens is 370 g/mol. The van der Waals surface area contributed by atoms with E-state index in [2.05, 4.69) is 20.5 Å². The number of hydrogen-bond donors (Lipinski definition) is 2. The Bertz CT molecular complexity index is 1230. The number of anilines is 1. The topological polar surface area (TPSA) is 114 Å².